The maximum absolute atomic E-state index is 12.3. The minimum Gasteiger partial charge on any atom is -0.340 e. The van der Waals surface area contributed by atoms with Gasteiger partial charge in [0.2, 0.25) is 5.91 Å². The molecule has 1 saturated heterocycles. The Bertz CT molecular complexity index is 416. The lowest BCUT2D eigenvalue weighted by atomic mass is 10.0. The van der Waals surface area contributed by atoms with Gasteiger partial charge >= 0.3 is 0 Å². The summed E-state index contributed by atoms with van der Waals surface area (Å²) in [7, 11) is -0.356. The Morgan fingerprint density at radius 3 is 2.20 bits per heavy atom. The second kappa shape index (κ2) is 7.35. The van der Waals surface area contributed by atoms with Crippen LogP contribution in [0.25, 0.3) is 0 Å². The van der Waals surface area contributed by atoms with Gasteiger partial charge in [0, 0.05) is 46.8 Å². The second-order valence-corrected chi connectivity index (χ2v) is 7.38. The van der Waals surface area contributed by atoms with Crippen molar-refractivity contribution in [2.45, 2.75) is 19.8 Å². The molecule has 0 saturated carbocycles. The van der Waals surface area contributed by atoms with Gasteiger partial charge in [-0.25, -0.2) is 0 Å². The topological polar surface area (TPSA) is 87.0 Å². The molecule has 0 aromatic rings. The number of rotatable bonds is 6. The Morgan fingerprint density at radius 2 is 1.80 bits per heavy atom. The van der Waals surface area contributed by atoms with Crippen LogP contribution in [0.1, 0.15) is 19.8 Å². The van der Waals surface area contributed by atoms with Crippen LogP contribution in [-0.2, 0) is 15.0 Å². The van der Waals surface area contributed by atoms with Gasteiger partial charge in [0.25, 0.3) is 10.2 Å². The Morgan fingerprint density at radius 1 is 1.25 bits per heavy atom. The van der Waals surface area contributed by atoms with Gasteiger partial charge in [-0.3, -0.25) is 4.79 Å². The third kappa shape index (κ3) is 3.91. The molecule has 0 aliphatic carbocycles. The summed E-state index contributed by atoms with van der Waals surface area (Å²) in [6.07, 6.45) is 1.70. The van der Waals surface area contributed by atoms with Crippen molar-refractivity contribution < 1.29 is 13.2 Å². The lowest BCUT2D eigenvalue weighted by Crippen LogP contribution is -2.54. The van der Waals surface area contributed by atoms with Crippen molar-refractivity contribution in [2.75, 3.05) is 46.8 Å². The summed E-state index contributed by atoms with van der Waals surface area (Å²) in [6.45, 7) is 3.93. The molecule has 1 unspecified atom stereocenters. The van der Waals surface area contributed by atoms with Gasteiger partial charge in [-0.05, 0) is 6.42 Å². The van der Waals surface area contributed by atoms with Gasteiger partial charge < -0.3 is 10.6 Å². The van der Waals surface area contributed by atoms with Crippen LogP contribution in [0.15, 0.2) is 0 Å². The van der Waals surface area contributed by atoms with Gasteiger partial charge in [0.1, 0.15) is 0 Å². The maximum atomic E-state index is 12.3. The summed E-state index contributed by atoms with van der Waals surface area (Å²) in [5, 5.41) is 0. The van der Waals surface area contributed by atoms with Gasteiger partial charge in [-0.2, -0.15) is 17.0 Å². The van der Waals surface area contributed by atoms with E-state index in [2.05, 4.69) is 0 Å². The lowest BCUT2D eigenvalue weighted by molar-refractivity contribution is -0.136. The van der Waals surface area contributed by atoms with E-state index in [9.17, 15) is 13.2 Å². The second-order valence-electron chi connectivity index (χ2n) is 5.24. The molecule has 1 atom stereocenters. The molecule has 7 nitrogen and oxygen atoms in total. The first-order valence-electron chi connectivity index (χ1n) is 7.01. The van der Waals surface area contributed by atoms with Crippen LogP contribution in [0.2, 0.25) is 0 Å². The van der Waals surface area contributed by atoms with E-state index in [0.29, 0.717) is 32.7 Å². The van der Waals surface area contributed by atoms with Crippen molar-refractivity contribution in [1.82, 2.24) is 13.5 Å². The normalized spacial score (nSPS) is 19.4. The highest BCUT2D eigenvalue weighted by molar-refractivity contribution is 7.86. The van der Waals surface area contributed by atoms with Crippen molar-refractivity contribution in [3.63, 3.8) is 0 Å². The molecule has 0 spiro atoms. The SMILES string of the molecule is CCCC(CN)C(=O)N1CCN(S(=O)(=O)N(C)C)CC1. The quantitative estimate of drug-likeness (QED) is 0.704. The van der Waals surface area contributed by atoms with Crippen LogP contribution < -0.4 is 5.73 Å². The zero-order valence-electron chi connectivity index (χ0n) is 12.6. The Hall–Kier alpha value is -0.700. The van der Waals surface area contributed by atoms with Crippen LogP contribution >= 0.6 is 0 Å². The number of nitrogens with two attached hydrogens (primary N) is 1. The van der Waals surface area contributed by atoms with Gasteiger partial charge in [-0.15, -0.1) is 0 Å². The molecule has 118 valence electrons. The molecule has 8 heteroatoms. The molecule has 1 rings (SSSR count). The zero-order valence-corrected chi connectivity index (χ0v) is 13.4. The first-order chi connectivity index (χ1) is 9.34. The molecule has 20 heavy (non-hydrogen) atoms. The summed E-state index contributed by atoms with van der Waals surface area (Å²) in [5.41, 5.74) is 5.64. The highest BCUT2D eigenvalue weighted by atomic mass is 32.2. The van der Waals surface area contributed by atoms with Crippen molar-refractivity contribution >= 4 is 16.1 Å². The number of nitrogens with zero attached hydrogens (tertiary/aromatic N) is 3. The largest absolute Gasteiger partial charge is 0.340 e. The van der Waals surface area contributed by atoms with Crippen LogP contribution in [0.4, 0.5) is 0 Å². The number of carbonyl (C=O) groups excluding carboxylic acids is 1. The smallest absolute Gasteiger partial charge is 0.281 e. The van der Waals surface area contributed by atoms with Gasteiger partial charge in [-0.1, -0.05) is 13.3 Å². The fraction of sp³-hybridized carbons (Fsp3) is 0.917. The molecule has 1 aliphatic rings. The number of carbonyl (C=O) groups is 1. The van der Waals surface area contributed by atoms with Gasteiger partial charge in [0.05, 0.1) is 5.92 Å². The Labute approximate surface area is 121 Å². The van der Waals surface area contributed by atoms with Crippen molar-refractivity contribution in [3.8, 4) is 0 Å². The van der Waals surface area contributed by atoms with Crippen LogP contribution in [-0.4, -0.2) is 74.7 Å². The Kier molecular flexibility index (Phi) is 6.38. The van der Waals surface area contributed by atoms with E-state index in [1.165, 1.54) is 22.7 Å². The molecule has 0 aromatic carbocycles. The number of hydrogen-bond acceptors (Lipinski definition) is 4. The summed E-state index contributed by atoms with van der Waals surface area (Å²) >= 11 is 0. The highest BCUT2D eigenvalue weighted by Gasteiger charge is 2.31. The monoisotopic (exact) mass is 306 g/mol. The van der Waals surface area contributed by atoms with Gasteiger partial charge in [0.15, 0.2) is 0 Å². The first-order valence-corrected chi connectivity index (χ1v) is 8.40. The summed E-state index contributed by atoms with van der Waals surface area (Å²) in [4.78, 5) is 14.0. The fourth-order valence-corrected chi connectivity index (χ4v) is 3.41. The molecule has 1 heterocycles. The fourth-order valence-electron chi connectivity index (χ4n) is 2.32. The van der Waals surface area contributed by atoms with E-state index in [1.54, 1.807) is 4.90 Å². The zero-order chi connectivity index (χ0) is 15.3. The highest BCUT2D eigenvalue weighted by Crippen LogP contribution is 2.14. The van der Waals surface area contributed by atoms with E-state index >= 15 is 0 Å². The van der Waals surface area contributed by atoms with E-state index in [4.69, 9.17) is 5.73 Å². The molecular weight excluding hydrogens is 280 g/mol. The predicted octanol–water partition coefficient (Wildman–Crippen LogP) is -0.688. The molecule has 0 bridgehead atoms. The minimum atomic E-state index is -3.38. The molecule has 0 radical (unpaired) electrons. The van der Waals surface area contributed by atoms with Crippen LogP contribution in [0.3, 0.4) is 0 Å². The number of piperazine rings is 1. The standard InChI is InChI=1S/C12H26N4O3S/c1-4-5-11(10-13)12(17)15-6-8-16(9-7-15)20(18,19)14(2)3/h11H,4-10,13H2,1-3H3. The van der Waals surface area contributed by atoms with Crippen LogP contribution in [0, 0.1) is 5.92 Å². The molecule has 1 aliphatic heterocycles. The maximum Gasteiger partial charge on any atom is 0.281 e. The molecule has 2 N–H and O–H groups in total. The van der Waals surface area contributed by atoms with E-state index in [-0.39, 0.29) is 11.8 Å². The lowest BCUT2D eigenvalue weighted by Gasteiger charge is -2.36. The average Bonchev–Trinajstić information content (AvgIpc) is 2.44. The summed E-state index contributed by atoms with van der Waals surface area (Å²) in [5.74, 6) is -0.0896. The average molecular weight is 306 g/mol. The van der Waals surface area contributed by atoms with Crippen LogP contribution in [0.5, 0.6) is 0 Å². The molecule has 1 amide bonds. The predicted molar refractivity (Wildman–Crippen MR) is 78.2 cm³/mol. The van der Waals surface area contributed by atoms with E-state index in [1.807, 2.05) is 6.92 Å². The molecular formula is C12H26N4O3S. The number of amides is 1. The van der Waals surface area contributed by atoms with E-state index < -0.39 is 10.2 Å². The van der Waals surface area contributed by atoms with Crippen molar-refractivity contribution in [1.29, 1.82) is 0 Å². The third-order valence-corrected chi connectivity index (χ3v) is 5.55. The summed E-state index contributed by atoms with van der Waals surface area (Å²) in [6, 6.07) is 0. The number of hydrogen-bond donors (Lipinski definition) is 1. The summed E-state index contributed by atoms with van der Waals surface area (Å²) < 4.78 is 26.6. The third-order valence-electron chi connectivity index (χ3n) is 3.61. The van der Waals surface area contributed by atoms with Crippen molar-refractivity contribution in [2.24, 2.45) is 11.7 Å². The Balaban J connectivity index is 2.60. The van der Waals surface area contributed by atoms with Crippen molar-refractivity contribution in [3.05, 3.63) is 0 Å². The minimum absolute atomic E-state index is 0.0521. The molecule has 1 fully saturated rings. The molecule has 0 aromatic heterocycles. The van der Waals surface area contributed by atoms with E-state index in [0.717, 1.165) is 12.8 Å². The first kappa shape index (κ1) is 17.4.